The Morgan fingerprint density at radius 1 is 1.13 bits per heavy atom. The van der Waals surface area contributed by atoms with Crippen molar-refractivity contribution in [1.82, 2.24) is 25.1 Å². The van der Waals surface area contributed by atoms with Crippen LogP contribution in [0.25, 0.3) is 11.1 Å². The van der Waals surface area contributed by atoms with Crippen LogP contribution >= 0.6 is 0 Å². The number of pyridine rings is 2. The fourth-order valence-corrected chi connectivity index (χ4v) is 3.49. The highest BCUT2D eigenvalue weighted by Crippen LogP contribution is 2.24. The van der Waals surface area contributed by atoms with Gasteiger partial charge >= 0.3 is 0 Å². The third-order valence-corrected chi connectivity index (χ3v) is 5.30. The molecule has 0 saturated carbocycles. The van der Waals surface area contributed by atoms with Gasteiger partial charge in [0.05, 0.1) is 18.8 Å². The summed E-state index contributed by atoms with van der Waals surface area (Å²) in [5.74, 6) is -0.0647. The first-order chi connectivity index (χ1) is 14.5. The molecule has 0 bridgehead atoms. The summed E-state index contributed by atoms with van der Waals surface area (Å²) in [5, 5.41) is 2.56. The summed E-state index contributed by atoms with van der Waals surface area (Å²) in [6.45, 7) is 7.81. The van der Waals surface area contributed by atoms with Crippen molar-refractivity contribution in [2.75, 3.05) is 46.4 Å². The minimum Gasteiger partial charge on any atom is -0.369 e. The number of nitrogens with zero attached hydrogens (tertiary/aromatic N) is 4. The number of hydrogen-bond donors (Lipinski definition) is 1. The van der Waals surface area contributed by atoms with E-state index in [0.29, 0.717) is 25.4 Å². The minimum absolute atomic E-state index is 0.150. The Morgan fingerprint density at radius 2 is 1.83 bits per heavy atom. The van der Waals surface area contributed by atoms with Crippen LogP contribution in [0, 0.1) is 0 Å². The zero-order chi connectivity index (χ0) is 21.5. The summed E-state index contributed by atoms with van der Waals surface area (Å²) in [7, 11) is 1.58. The number of rotatable bonds is 7. The lowest BCUT2D eigenvalue weighted by molar-refractivity contribution is -0.134. The highest BCUT2D eigenvalue weighted by molar-refractivity contribution is 5.92. The Bertz CT molecular complexity index is 850. The van der Waals surface area contributed by atoms with Gasteiger partial charge in [0.1, 0.15) is 11.8 Å². The van der Waals surface area contributed by atoms with Crippen molar-refractivity contribution in [3.8, 4) is 11.1 Å². The van der Waals surface area contributed by atoms with Gasteiger partial charge in [-0.2, -0.15) is 0 Å². The summed E-state index contributed by atoms with van der Waals surface area (Å²) < 4.78 is 5.90. The average molecular weight is 412 g/mol. The molecule has 0 radical (unpaired) electrons. The predicted molar refractivity (Wildman–Crippen MR) is 114 cm³/mol. The molecule has 3 heterocycles. The Balaban J connectivity index is 1.64. The van der Waals surface area contributed by atoms with Crippen molar-refractivity contribution in [2.24, 2.45) is 0 Å². The number of hydrogen-bond acceptors (Lipinski definition) is 6. The van der Waals surface area contributed by atoms with E-state index in [4.69, 9.17) is 4.74 Å². The number of nitrogens with one attached hydrogen (secondary N) is 1. The van der Waals surface area contributed by atoms with Crippen molar-refractivity contribution in [3.63, 3.8) is 0 Å². The largest absolute Gasteiger partial charge is 0.369 e. The molecule has 1 aliphatic heterocycles. The van der Waals surface area contributed by atoms with Crippen LogP contribution in [0.2, 0.25) is 0 Å². The van der Waals surface area contributed by atoms with Crippen LogP contribution in [0.5, 0.6) is 0 Å². The summed E-state index contributed by atoms with van der Waals surface area (Å²) in [4.78, 5) is 36.8. The molecule has 0 aliphatic carbocycles. The SMILES string of the molecule is CCN(CC)C(=O)CN1CCOC(c2ccc(-c3ccc(C(=O)NC)nc3)cn2)C1. The molecule has 0 spiro atoms. The molecular formula is C22H29N5O3. The van der Waals surface area contributed by atoms with Gasteiger partial charge in [0, 0.05) is 56.7 Å². The number of aromatic nitrogens is 2. The summed E-state index contributed by atoms with van der Waals surface area (Å²) in [5.41, 5.74) is 3.02. The standard InChI is InChI=1S/C22H29N5O3/c1-4-27(5-2)21(28)15-26-10-11-30-20(14-26)18-8-6-16(12-24-18)17-7-9-19(25-13-17)22(29)23-3/h6-9,12-13,20H,4-5,10-11,14-15H2,1-3H3,(H,23,29). The second kappa shape index (κ2) is 10.3. The van der Waals surface area contributed by atoms with Crippen molar-refractivity contribution in [3.05, 3.63) is 48.0 Å². The van der Waals surface area contributed by atoms with Gasteiger partial charge < -0.3 is 15.0 Å². The van der Waals surface area contributed by atoms with E-state index in [1.807, 2.05) is 36.9 Å². The third-order valence-electron chi connectivity index (χ3n) is 5.30. The first-order valence-electron chi connectivity index (χ1n) is 10.3. The summed E-state index contributed by atoms with van der Waals surface area (Å²) >= 11 is 0. The highest BCUT2D eigenvalue weighted by Gasteiger charge is 2.25. The molecule has 160 valence electrons. The van der Waals surface area contributed by atoms with Gasteiger partial charge in [-0.15, -0.1) is 0 Å². The van der Waals surface area contributed by atoms with Crippen molar-refractivity contribution >= 4 is 11.8 Å². The number of carbonyl (C=O) groups excluding carboxylic acids is 2. The fourth-order valence-electron chi connectivity index (χ4n) is 3.49. The molecule has 1 saturated heterocycles. The van der Waals surface area contributed by atoms with Gasteiger partial charge in [-0.25, -0.2) is 0 Å². The van der Waals surface area contributed by atoms with E-state index in [1.165, 1.54) is 0 Å². The molecule has 8 heteroatoms. The maximum absolute atomic E-state index is 12.4. The molecule has 2 aromatic heterocycles. The molecule has 3 rings (SSSR count). The van der Waals surface area contributed by atoms with Crippen molar-refractivity contribution in [2.45, 2.75) is 20.0 Å². The lowest BCUT2D eigenvalue weighted by atomic mass is 10.1. The monoisotopic (exact) mass is 411 g/mol. The van der Waals surface area contributed by atoms with Crippen LogP contribution in [0.3, 0.4) is 0 Å². The highest BCUT2D eigenvalue weighted by atomic mass is 16.5. The van der Waals surface area contributed by atoms with E-state index in [0.717, 1.165) is 36.5 Å². The number of amides is 2. The average Bonchev–Trinajstić information content (AvgIpc) is 2.80. The van der Waals surface area contributed by atoms with E-state index < -0.39 is 0 Å². The van der Waals surface area contributed by atoms with E-state index in [9.17, 15) is 9.59 Å². The Morgan fingerprint density at radius 3 is 2.40 bits per heavy atom. The smallest absolute Gasteiger partial charge is 0.269 e. The number of likely N-dealkylation sites (N-methyl/N-ethyl adjacent to an activating group) is 1. The van der Waals surface area contributed by atoms with Crippen LogP contribution in [0.1, 0.15) is 36.1 Å². The topological polar surface area (TPSA) is 87.7 Å². The summed E-state index contributed by atoms with van der Waals surface area (Å²) in [6, 6.07) is 7.47. The van der Waals surface area contributed by atoms with Gasteiger partial charge in [-0.05, 0) is 26.0 Å². The Kier molecular flexibility index (Phi) is 7.48. The molecule has 1 fully saturated rings. The zero-order valence-electron chi connectivity index (χ0n) is 17.8. The van der Waals surface area contributed by atoms with E-state index in [-0.39, 0.29) is 17.9 Å². The molecule has 1 atom stereocenters. The van der Waals surface area contributed by atoms with Crippen LogP contribution in [0.15, 0.2) is 36.7 Å². The predicted octanol–water partition coefficient (Wildman–Crippen LogP) is 1.74. The molecule has 1 aliphatic rings. The quantitative estimate of drug-likeness (QED) is 0.747. The first-order valence-corrected chi connectivity index (χ1v) is 10.3. The minimum atomic E-state index is -0.214. The maximum atomic E-state index is 12.4. The van der Waals surface area contributed by atoms with Gasteiger partial charge in [0.2, 0.25) is 5.91 Å². The van der Waals surface area contributed by atoms with Crippen molar-refractivity contribution < 1.29 is 14.3 Å². The number of morpholine rings is 1. The van der Waals surface area contributed by atoms with Crippen LogP contribution < -0.4 is 5.32 Å². The second-order valence-electron chi connectivity index (χ2n) is 7.14. The molecule has 1 N–H and O–H groups in total. The molecule has 2 amide bonds. The second-order valence-corrected chi connectivity index (χ2v) is 7.14. The molecule has 0 aromatic carbocycles. The molecule has 1 unspecified atom stereocenters. The molecule has 8 nitrogen and oxygen atoms in total. The van der Waals surface area contributed by atoms with Gasteiger partial charge in [0.15, 0.2) is 0 Å². The third kappa shape index (κ3) is 5.20. The van der Waals surface area contributed by atoms with E-state index in [1.54, 1.807) is 25.5 Å². The summed E-state index contributed by atoms with van der Waals surface area (Å²) in [6.07, 6.45) is 3.29. The van der Waals surface area contributed by atoms with E-state index in [2.05, 4.69) is 20.2 Å². The van der Waals surface area contributed by atoms with Gasteiger partial charge in [0.25, 0.3) is 5.91 Å². The molecule has 2 aromatic rings. The van der Waals surface area contributed by atoms with Crippen LogP contribution in [-0.4, -0.2) is 78.0 Å². The van der Waals surface area contributed by atoms with Crippen LogP contribution in [0.4, 0.5) is 0 Å². The molecule has 30 heavy (non-hydrogen) atoms. The van der Waals surface area contributed by atoms with Gasteiger partial charge in [-0.1, -0.05) is 12.1 Å². The fraction of sp³-hybridized carbons (Fsp3) is 0.455. The van der Waals surface area contributed by atoms with Gasteiger partial charge in [-0.3, -0.25) is 24.5 Å². The first kappa shape index (κ1) is 21.9. The van der Waals surface area contributed by atoms with Crippen molar-refractivity contribution in [1.29, 1.82) is 0 Å². The number of ether oxygens (including phenoxy) is 1. The Labute approximate surface area is 177 Å². The Hall–Kier alpha value is -2.84. The normalized spacial score (nSPS) is 16.8. The molecular weight excluding hydrogens is 382 g/mol. The maximum Gasteiger partial charge on any atom is 0.269 e. The zero-order valence-corrected chi connectivity index (χ0v) is 17.8. The number of carbonyl (C=O) groups is 2. The lowest BCUT2D eigenvalue weighted by Crippen LogP contribution is -2.45. The lowest BCUT2D eigenvalue weighted by Gasteiger charge is -2.33. The van der Waals surface area contributed by atoms with E-state index >= 15 is 0 Å². The van der Waals surface area contributed by atoms with Crippen LogP contribution in [-0.2, 0) is 9.53 Å².